The number of aliphatic imine (C=N–C) groups is 1. The van der Waals surface area contributed by atoms with Gasteiger partial charge in [-0.15, -0.1) is 24.0 Å². The van der Waals surface area contributed by atoms with Crippen LogP contribution in [0.5, 0.6) is 5.75 Å². The molecule has 0 bridgehead atoms. The van der Waals surface area contributed by atoms with Crippen molar-refractivity contribution in [2.75, 3.05) is 39.3 Å². The first-order chi connectivity index (χ1) is 12.8. The number of halogens is 1. The normalized spacial score (nSPS) is 21.2. The summed E-state index contributed by atoms with van der Waals surface area (Å²) < 4.78 is 6.09. The fraction of sp³-hybridized carbons (Fsp3) is 0.571. The fourth-order valence-electron chi connectivity index (χ4n) is 3.58. The zero-order valence-corrected chi connectivity index (χ0v) is 18.8. The lowest BCUT2D eigenvalue weighted by Gasteiger charge is -2.26. The summed E-state index contributed by atoms with van der Waals surface area (Å²) in [5, 5.41) is 3.47. The van der Waals surface area contributed by atoms with E-state index in [2.05, 4.69) is 41.1 Å². The van der Waals surface area contributed by atoms with Crippen LogP contribution in [0.2, 0.25) is 0 Å². The van der Waals surface area contributed by atoms with Crippen molar-refractivity contribution in [3.8, 4) is 5.75 Å². The molecule has 0 aromatic heterocycles. The molecule has 1 aromatic rings. The number of hydrogen-bond acceptors (Lipinski definition) is 3. The van der Waals surface area contributed by atoms with Crippen molar-refractivity contribution in [2.45, 2.75) is 38.8 Å². The summed E-state index contributed by atoms with van der Waals surface area (Å²) in [5.41, 5.74) is 0. The monoisotopic (exact) mass is 484 g/mol. The minimum atomic E-state index is 0. The van der Waals surface area contributed by atoms with Gasteiger partial charge in [0, 0.05) is 38.8 Å². The summed E-state index contributed by atoms with van der Waals surface area (Å²) in [6.07, 6.45) is 6.81. The van der Waals surface area contributed by atoms with Gasteiger partial charge in [0.1, 0.15) is 11.9 Å². The number of nitrogens with one attached hydrogen (secondary N) is 1. The quantitative estimate of drug-likeness (QED) is 0.279. The van der Waals surface area contributed by atoms with E-state index < -0.39 is 0 Å². The van der Waals surface area contributed by atoms with E-state index >= 15 is 0 Å². The zero-order chi connectivity index (χ0) is 18.2. The zero-order valence-electron chi connectivity index (χ0n) is 16.5. The van der Waals surface area contributed by atoms with E-state index in [-0.39, 0.29) is 30.1 Å². The largest absolute Gasteiger partial charge is 0.489 e. The third kappa shape index (κ3) is 6.38. The number of rotatable bonds is 7. The Morgan fingerprint density at radius 2 is 1.96 bits per heavy atom. The van der Waals surface area contributed by atoms with Crippen LogP contribution in [0.4, 0.5) is 0 Å². The van der Waals surface area contributed by atoms with Gasteiger partial charge in [-0.1, -0.05) is 37.3 Å². The average Bonchev–Trinajstić information content (AvgIpc) is 3.36. The summed E-state index contributed by atoms with van der Waals surface area (Å²) in [6, 6.07) is 10.7. The van der Waals surface area contributed by atoms with Crippen molar-refractivity contribution in [2.24, 2.45) is 4.99 Å². The maximum Gasteiger partial charge on any atom is 0.194 e. The third-order valence-corrected chi connectivity index (χ3v) is 5.11. The van der Waals surface area contributed by atoms with Crippen LogP contribution in [0, 0.1) is 0 Å². The minimum absolute atomic E-state index is 0. The van der Waals surface area contributed by atoms with Crippen LogP contribution in [0.1, 0.15) is 26.7 Å². The number of benzene rings is 1. The van der Waals surface area contributed by atoms with E-state index in [1.54, 1.807) is 0 Å². The Bertz CT molecular complexity index is 599. The number of likely N-dealkylation sites (tertiary alicyclic amines) is 1. The molecule has 0 radical (unpaired) electrons. The summed E-state index contributed by atoms with van der Waals surface area (Å²) in [5.74, 6) is 1.94. The second-order valence-corrected chi connectivity index (χ2v) is 6.97. The highest BCUT2D eigenvalue weighted by Crippen LogP contribution is 2.18. The molecule has 2 unspecified atom stereocenters. The van der Waals surface area contributed by atoms with Crippen LogP contribution in [-0.2, 0) is 0 Å². The molecule has 3 rings (SSSR count). The molecule has 1 fully saturated rings. The highest BCUT2D eigenvalue weighted by Gasteiger charge is 2.29. The Labute approximate surface area is 180 Å². The molecule has 1 saturated heterocycles. The van der Waals surface area contributed by atoms with E-state index in [9.17, 15) is 0 Å². The van der Waals surface area contributed by atoms with Gasteiger partial charge in [0.05, 0.1) is 6.54 Å². The molecular weight excluding hydrogens is 451 g/mol. The Morgan fingerprint density at radius 3 is 2.63 bits per heavy atom. The number of guanidine groups is 1. The standard InChI is InChI=1S/C21H32N4O.HI/c1-3-19(26-20-10-6-5-7-11-20)16-23-21(22-4-2)25-15-12-18(17-25)24-13-8-9-14-24;/h5-11,18-19H,3-4,12-17H2,1-2H3,(H,22,23);1H. The third-order valence-electron chi connectivity index (χ3n) is 5.11. The van der Waals surface area contributed by atoms with Gasteiger partial charge in [-0.25, -0.2) is 4.99 Å². The first-order valence-corrected chi connectivity index (χ1v) is 9.94. The van der Waals surface area contributed by atoms with Crippen LogP contribution in [0.3, 0.4) is 0 Å². The van der Waals surface area contributed by atoms with Gasteiger partial charge < -0.3 is 15.0 Å². The summed E-state index contributed by atoms with van der Waals surface area (Å²) >= 11 is 0. The Morgan fingerprint density at radius 1 is 1.22 bits per heavy atom. The van der Waals surface area contributed by atoms with Gasteiger partial charge in [0.25, 0.3) is 0 Å². The smallest absolute Gasteiger partial charge is 0.194 e. The lowest BCUT2D eigenvalue weighted by Crippen LogP contribution is -2.43. The van der Waals surface area contributed by atoms with Crippen molar-refractivity contribution in [1.82, 2.24) is 15.1 Å². The molecule has 0 spiro atoms. The molecule has 2 aliphatic rings. The molecule has 0 saturated carbocycles. The topological polar surface area (TPSA) is 40.1 Å². The molecule has 1 aromatic carbocycles. The Balaban J connectivity index is 0.00000261. The van der Waals surface area contributed by atoms with Gasteiger partial charge in [-0.2, -0.15) is 0 Å². The number of para-hydroxylation sites is 1. The Hall–Kier alpha value is -1.28. The molecule has 150 valence electrons. The average molecular weight is 484 g/mol. The van der Waals surface area contributed by atoms with Gasteiger partial charge in [0.15, 0.2) is 5.96 Å². The molecule has 0 amide bonds. The SMILES string of the molecule is CCNC(=NCC(CC)Oc1ccccc1)N1CCC(N2CC=CC2)C1.I. The highest BCUT2D eigenvalue weighted by atomic mass is 127. The van der Waals surface area contributed by atoms with Gasteiger partial charge >= 0.3 is 0 Å². The summed E-state index contributed by atoms with van der Waals surface area (Å²) in [7, 11) is 0. The molecule has 2 atom stereocenters. The van der Waals surface area contributed by atoms with Crippen molar-refractivity contribution in [1.29, 1.82) is 0 Å². The number of ether oxygens (including phenoxy) is 1. The van der Waals surface area contributed by atoms with Crippen molar-refractivity contribution >= 4 is 29.9 Å². The van der Waals surface area contributed by atoms with Crippen LogP contribution < -0.4 is 10.1 Å². The molecule has 2 aliphatic heterocycles. The highest BCUT2D eigenvalue weighted by molar-refractivity contribution is 14.0. The second-order valence-electron chi connectivity index (χ2n) is 6.97. The van der Waals surface area contributed by atoms with Crippen LogP contribution in [-0.4, -0.2) is 67.2 Å². The predicted octanol–water partition coefficient (Wildman–Crippen LogP) is 3.37. The molecular formula is C21H33IN4O. The Kier molecular flexibility index (Phi) is 9.41. The molecule has 6 heteroatoms. The van der Waals surface area contributed by atoms with Gasteiger partial charge in [0.2, 0.25) is 0 Å². The molecule has 0 aliphatic carbocycles. The van der Waals surface area contributed by atoms with Crippen LogP contribution in [0.25, 0.3) is 0 Å². The predicted molar refractivity (Wildman–Crippen MR) is 123 cm³/mol. The van der Waals surface area contributed by atoms with E-state index in [0.717, 1.165) is 50.9 Å². The minimum Gasteiger partial charge on any atom is -0.489 e. The van der Waals surface area contributed by atoms with Gasteiger partial charge in [-0.05, 0) is 31.9 Å². The first kappa shape index (κ1) is 22.0. The summed E-state index contributed by atoms with van der Waals surface area (Å²) in [4.78, 5) is 9.85. The first-order valence-electron chi connectivity index (χ1n) is 9.94. The maximum atomic E-state index is 6.09. The summed E-state index contributed by atoms with van der Waals surface area (Å²) in [6.45, 7) is 10.2. The van der Waals surface area contributed by atoms with Crippen molar-refractivity contribution in [3.63, 3.8) is 0 Å². The maximum absolute atomic E-state index is 6.09. The lowest BCUT2D eigenvalue weighted by atomic mass is 10.2. The number of hydrogen-bond donors (Lipinski definition) is 1. The van der Waals surface area contributed by atoms with Crippen molar-refractivity contribution in [3.05, 3.63) is 42.5 Å². The molecule has 1 N–H and O–H groups in total. The van der Waals surface area contributed by atoms with Crippen LogP contribution >= 0.6 is 24.0 Å². The fourth-order valence-corrected chi connectivity index (χ4v) is 3.58. The van der Waals surface area contributed by atoms with E-state index in [4.69, 9.17) is 9.73 Å². The van der Waals surface area contributed by atoms with Gasteiger partial charge in [-0.3, -0.25) is 4.90 Å². The molecule has 5 nitrogen and oxygen atoms in total. The molecule has 2 heterocycles. The number of nitrogens with zero attached hydrogens (tertiary/aromatic N) is 3. The van der Waals surface area contributed by atoms with E-state index in [1.807, 2.05) is 30.3 Å². The van der Waals surface area contributed by atoms with Crippen LogP contribution in [0.15, 0.2) is 47.5 Å². The van der Waals surface area contributed by atoms with E-state index in [0.29, 0.717) is 12.6 Å². The second kappa shape index (κ2) is 11.5. The van der Waals surface area contributed by atoms with E-state index in [1.165, 1.54) is 6.42 Å². The van der Waals surface area contributed by atoms with Crippen molar-refractivity contribution < 1.29 is 4.74 Å². The lowest BCUT2D eigenvalue weighted by molar-refractivity contribution is 0.205. The molecule has 27 heavy (non-hydrogen) atoms.